The number of benzene rings is 1. The molecule has 3 aromatic rings. The highest BCUT2D eigenvalue weighted by Gasteiger charge is 2.06. The van der Waals surface area contributed by atoms with Gasteiger partial charge in [0.1, 0.15) is 0 Å². The van der Waals surface area contributed by atoms with Crippen LogP contribution < -0.4 is 0 Å². The van der Waals surface area contributed by atoms with Gasteiger partial charge in [-0.3, -0.25) is 4.68 Å². The van der Waals surface area contributed by atoms with E-state index in [4.69, 9.17) is 11.6 Å². The summed E-state index contributed by atoms with van der Waals surface area (Å²) in [6.07, 6.45) is 7.51. The Morgan fingerprint density at radius 2 is 1.96 bits per heavy atom. The second-order valence-corrected chi connectivity index (χ2v) is 6.18. The number of halogens is 1. The van der Waals surface area contributed by atoms with Gasteiger partial charge in [0.05, 0.1) is 29.6 Å². The normalized spacial score (nSPS) is 11.3. The van der Waals surface area contributed by atoms with E-state index < -0.39 is 0 Å². The van der Waals surface area contributed by atoms with Crippen LogP contribution in [0.5, 0.6) is 0 Å². The van der Waals surface area contributed by atoms with Crippen molar-refractivity contribution in [2.75, 3.05) is 13.6 Å². The maximum atomic E-state index is 5.87. The Labute approximate surface area is 141 Å². The van der Waals surface area contributed by atoms with Crippen LogP contribution in [0.1, 0.15) is 11.1 Å². The summed E-state index contributed by atoms with van der Waals surface area (Å²) >= 11 is 5.87. The molecule has 1 aromatic carbocycles. The molecule has 2 heterocycles. The van der Waals surface area contributed by atoms with Crippen LogP contribution in [-0.2, 0) is 13.1 Å². The summed E-state index contributed by atoms with van der Waals surface area (Å²) in [7, 11) is 2.09. The topological polar surface area (TPSA) is 38.9 Å². The second kappa shape index (κ2) is 6.98. The molecule has 0 unspecified atom stereocenters. The molecular formula is C17H20ClN5. The lowest BCUT2D eigenvalue weighted by Crippen LogP contribution is -2.22. The predicted octanol–water partition coefficient (Wildman–Crippen LogP) is 3.16. The van der Waals surface area contributed by atoms with Crippen LogP contribution in [0.15, 0.2) is 49.1 Å². The molecule has 3 rings (SSSR count). The largest absolute Gasteiger partial charge is 0.300 e. The zero-order valence-electron chi connectivity index (χ0n) is 13.4. The van der Waals surface area contributed by atoms with E-state index in [9.17, 15) is 0 Å². The third-order valence-electron chi connectivity index (χ3n) is 3.76. The zero-order valence-corrected chi connectivity index (χ0v) is 14.1. The van der Waals surface area contributed by atoms with Crippen molar-refractivity contribution in [3.63, 3.8) is 0 Å². The first-order valence-corrected chi connectivity index (χ1v) is 7.95. The summed E-state index contributed by atoms with van der Waals surface area (Å²) in [5, 5.41) is 9.34. The molecule has 2 aromatic heterocycles. The fraction of sp³-hybridized carbons (Fsp3) is 0.294. The van der Waals surface area contributed by atoms with Crippen LogP contribution in [-0.4, -0.2) is 38.1 Å². The lowest BCUT2D eigenvalue weighted by Gasteiger charge is -2.15. The van der Waals surface area contributed by atoms with Gasteiger partial charge < -0.3 is 4.90 Å². The molecule has 5 nitrogen and oxygen atoms in total. The quantitative estimate of drug-likeness (QED) is 0.697. The van der Waals surface area contributed by atoms with Crippen molar-refractivity contribution in [1.82, 2.24) is 24.5 Å². The van der Waals surface area contributed by atoms with E-state index in [1.165, 1.54) is 11.1 Å². The van der Waals surface area contributed by atoms with Crippen molar-refractivity contribution >= 4 is 11.6 Å². The number of aromatic nitrogens is 4. The third kappa shape index (κ3) is 4.00. The SMILES string of the molecule is Cc1ccccc1-n1cc(CN(C)CCn2cc(Cl)cn2)cn1. The van der Waals surface area contributed by atoms with Crippen molar-refractivity contribution < 1.29 is 0 Å². The Bertz CT molecular complexity index is 777. The van der Waals surface area contributed by atoms with Crippen LogP contribution in [0.2, 0.25) is 5.02 Å². The number of rotatable bonds is 6. The number of hydrogen-bond acceptors (Lipinski definition) is 3. The van der Waals surface area contributed by atoms with Crippen LogP contribution in [0.3, 0.4) is 0 Å². The fourth-order valence-corrected chi connectivity index (χ4v) is 2.67. The summed E-state index contributed by atoms with van der Waals surface area (Å²) in [5.41, 5.74) is 3.52. The average Bonchev–Trinajstić information content (AvgIpc) is 3.15. The highest BCUT2D eigenvalue weighted by molar-refractivity contribution is 6.30. The lowest BCUT2D eigenvalue weighted by molar-refractivity contribution is 0.305. The maximum Gasteiger partial charge on any atom is 0.0785 e. The molecule has 0 saturated heterocycles. The Hall–Kier alpha value is -2.11. The second-order valence-electron chi connectivity index (χ2n) is 5.74. The summed E-state index contributed by atoms with van der Waals surface area (Å²) < 4.78 is 3.79. The van der Waals surface area contributed by atoms with E-state index in [1.807, 2.05) is 33.9 Å². The molecule has 120 valence electrons. The van der Waals surface area contributed by atoms with Gasteiger partial charge in [-0.2, -0.15) is 10.2 Å². The summed E-state index contributed by atoms with van der Waals surface area (Å²) in [6, 6.07) is 8.25. The molecule has 0 bridgehead atoms. The zero-order chi connectivity index (χ0) is 16.2. The first-order chi connectivity index (χ1) is 11.1. The molecule has 0 aliphatic carbocycles. The van der Waals surface area contributed by atoms with Crippen molar-refractivity contribution in [1.29, 1.82) is 0 Å². The van der Waals surface area contributed by atoms with Crippen molar-refractivity contribution in [2.45, 2.75) is 20.0 Å². The van der Waals surface area contributed by atoms with E-state index >= 15 is 0 Å². The number of aryl methyl sites for hydroxylation is 1. The molecule has 23 heavy (non-hydrogen) atoms. The van der Waals surface area contributed by atoms with E-state index in [0.29, 0.717) is 5.02 Å². The molecule has 0 fully saturated rings. The van der Waals surface area contributed by atoms with Crippen LogP contribution in [0.25, 0.3) is 5.69 Å². The Balaban J connectivity index is 1.59. The van der Waals surface area contributed by atoms with Gasteiger partial charge in [-0.15, -0.1) is 0 Å². The monoisotopic (exact) mass is 329 g/mol. The van der Waals surface area contributed by atoms with Gasteiger partial charge in [0.2, 0.25) is 0 Å². The van der Waals surface area contributed by atoms with E-state index in [0.717, 1.165) is 25.3 Å². The minimum absolute atomic E-state index is 0.673. The van der Waals surface area contributed by atoms with E-state index in [2.05, 4.69) is 47.4 Å². The Kier molecular flexibility index (Phi) is 4.79. The minimum atomic E-state index is 0.673. The molecule has 0 radical (unpaired) electrons. The smallest absolute Gasteiger partial charge is 0.0785 e. The highest BCUT2D eigenvalue weighted by Crippen LogP contribution is 2.14. The van der Waals surface area contributed by atoms with Gasteiger partial charge in [0.15, 0.2) is 0 Å². The molecule has 0 aliphatic heterocycles. The first-order valence-electron chi connectivity index (χ1n) is 7.58. The maximum absolute atomic E-state index is 5.87. The molecule has 0 atom stereocenters. The lowest BCUT2D eigenvalue weighted by atomic mass is 10.2. The van der Waals surface area contributed by atoms with Gasteiger partial charge >= 0.3 is 0 Å². The highest BCUT2D eigenvalue weighted by atomic mass is 35.5. The van der Waals surface area contributed by atoms with Crippen LogP contribution in [0.4, 0.5) is 0 Å². The number of nitrogens with zero attached hydrogens (tertiary/aromatic N) is 5. The van der Waals surface area contributed by atoms with Crippen LogP contribution >= 0.6 is 11.6 Å². The van der Waals surface area contributed by atoms with Gasteiger partial charge in [-0.25, -0.2) is 4.68 Å². The van der Waals surface area contributed by atoms with E-state index in [-0.39, 0.29) is 0 Å². The molecule has 0 N–H and O–H groups in total. The summed E-state index contributed by atoms with van der Waals surface area (Å²) in [5.74, 6) is 0. The van der Waals surface area contributed by atoms with Crippen molar-refractivity contribution in [2.24, 2.45) is 0 Å². The summed E-state index contributed by atoms with van der Waals surface area (Å²) in [4.78, 5) is 2.24. The number of para-hydroxylation sites is 1. The summed E-state index contributed by atoms with van der Waals surface area (Å²) in [6.45, 7) is 4.65. The number of hydrogen-bond donors (Lipinski definition) is 0. The first kappa shape index (κ1) is 15.8. The van der Waals surface area contributed by atoms with Gasteiger partial charge in [0.25, 0.3) is 0 Å². The molecule has 0 aliphatic rings. The molecule has 0 amide bonds. The average molecular weight is 330 g/mol. The Morgan fingerprint density at radius 3 is 2.70 bits per heavy atom. The van der Waals surface area contributed by atoms with Gasteiger partial charge in [-0.05, 0) is 25.6 Å². The van der Waals surface area contributed by atoms with E-state index in [1.54, 1.807) is 6.20 Å². The predicted molar refractivity (Wildman–Crippen MR) is 91.9 cm³/mol. The Morgan fingerprint density at radius 1 is 1.13 bits per heavy atom. The van der Waals surface area contributed by atoms with Gasteiger partial charge in [-0.1, -0.05) is 29.8 Å². The molecule has 0 saturated carbocycles. The third-order valence-corrected chi connectivity index (χ3v) is 3.96. The minimum Gasteiger partial charge on any atom is -0.300 e. The molecule has 0 spiro atoms. The molecule has 6 heteroatoms. The van der Waals surface area contributed by atoms with Gasteiger partial charge in [0, 0.05) is 31.0 Å². The van der Waals surface area contributed by atoms with Crippen molar-refractivity contribution in [3.8, 4) is 5.69 Å². The van der Waals surface area contributed by atoms with Crippen LogP contribution in [0, 0.1) is 6.92 Å². The number of likely N-dealkylation sites (N-methyl/N-ethyl adjacent to an activating group) is 1. The standard InChI is InChI=1S/C17H20ClN5/c1-14-5-3-4-6-17(14)23-12-15(9-20-23)11-21(2)7-8-22-13-16(18)10-19-22/h3-6,9-10,12-13H,7-8,11H2,1-2H3. The molecular weight excluding hydrogens is 310 g/mol. The fourth-order valence-electron chi connectivity index (χ4n) is 2.52. The van der Waals surface area contributed by atoms with Crippen molar-refractivity contribution in [3.05, 3.63) is 65.2 Å².